The van der Waals surface area contributed by atoms with Crippen molar-refractivity contribution < 1.29 is 13.6 Å². The third kappa shape index (κ3) is 3.02. The van der Waals surface area contributed by atoms with Gasteiger partial charge in [0.15, 0.2) is 11.5 Å². The Morgan fingerprint density at radius 1 is 1.17 bits per heavy atom. The van der Waals surface area contributed by atoms with Crippen molar-refractivity contribution in [3.8, 4) is 5.69 Å². The second-order valence-electron chi connectivity index (χ2n) is 7.64. The summed E-state index contributed by atoms with van der Waals surface area (Å²) in [5.41, 5.74) is 3.09. The van der Waals surface area contributed by atoms with Gasteiger partial charge in [-0.3, -0.25) is 4.79 Å². The number of amides is 1. The van der Waals surface area contributed by atoms with Gasteiger partial charge in [0.1, 0.15) is 11.5 Å². The predicted molar refractivity (Wildman–Crippen MR) is 105 cm³/mol. The van der Waals surface area contributed by atoms with Gasteiger partial charge in [-0.05, 0) is 48.9 Å². The molecule has 0 aliphatic heterocycles. The Morgan fingerprint density at radius 2 is 1.97 bits per heavy atom. The number of hydrogen-bond acceptors (Lipinski definition) is 2. The molecule has 2 aliphatic carbocycles. The molecule has 1 heterocycles. The van der Waals surface area contributed by atoms with Crippen LogP contribution in [-0.4, -0.2) is 15.7 Å². The molecule has 1 fully saturated rings. The summed E-state index contributed by atoms with van der Waals surface area (Å²) in [6.07, 6.45) is 2.94. The molecule has 0 radical (unpaired) electrons. The average molecular weight is 414 g/mol. The maximum Gasteiger partial charge on any atom is 0.272 e. The first-order valence-corrected chi connectivity index (χ1v) is 10.0. The lowest BCUT2D eigenvalue weighted by atomic mass is 9.95. The topological polar surface area (TPSA) is 46.9 Å². The number of carbonyl (C=O) groups is 1. The first-order valence-electron chi connectivity index (χ1n) is 9.62. The molecule has 7 heteroatoms. The molecule has 2 unspecified atom stereocenters. The molecule has 148 valence electrons. The molecule has 1 N–H and O–H groups in total. The number of nitrogens with one attached hydrogen (secondary N) is 1. The van der Waals surface area contributed by atoms with Gasteiger partial charge in [0.2, 0.25) is 0 Å². The van der Waals surface area contributed by atoms with E-state index in [9.17, 15) is 13.6 Å². The lowest BCUT2D eigenvalue weighted by Crippen LogP contribution is -2.25. The maximum absolute atomic E-state index is 14.5. The van der Waals surface area contributed by atoms with E-state index in [1.807, 2.05) is 18.2 Å². The van der Waals surface area contributed by atoms with Crippen LogP contribution in [0, 0.1) is 11.6 Å². The Kier molecular flexibility index (Phi) is 4.39. The van der Waals surface area contributed by atoms with E-state index in [2.05, 4.69) is 10.4 Å². The van der Waals surface area contributed by atoms with Crippen LogP contribution in [0.1, 0.15) is 58.4 Å². The highest BCUT2D eigenvalue weighted by Gasteiger charge is 2.44. The van der Waals surface area contributed by atoms with Crippen LogP contribution >= 0.6 is 11.6 Å². The molecular formula is C22H18ClF2N3O. The highest BCUT2D eigenvalue weighted by atomic mass is 35.5. The number of aromatic nitrogens is 2. The van der Waals surface area contributed by atoms with Gasteiger partial charge in [-0.1, -0.05) is 29.8 Å². The zero-order valence-electron chi connectivity index (χ0n) is 15.5. The molecule has 5 rings (SSSR count). The van der Waals surface area contributed by atoms with Gasteiger partial charge < -0.3 is 5.32 Å². The number of nitrogens with zero attached hydrogens (tertiary/aromatic N) is 2. The monoisotopic (exact) mass is 413 g/mol. The van der Waals surface area contributed by atoms with Crippen molar-refractivity contribution in [3.63, 3.8) is 0 Å². The van der Waals surface area contributed by atoms with Crippen molar-refractivity contribution in [3.05, 3.63) is 81.6 Å². The Morgan fingerprint density at radius 3 is 2.76 bits per heavy atom. The van der Waals surface area contributed by atoms with E-state index in [1.165, 1.54) is 16.8 Å². The summed E-state index contributed by atoms with van der Waals surface area (Å²) in [7, 11) is 0. The molecule has 3 aromatic rings. The smallest absolute Gasteiger partial charge is 0.272 e. The van der Waals surface area contributed by atoms with Crippen LogP contribution < -0.4 is 5.32 Å². The number of benzene rings is 2. The molecule has 0 spiro atoms. The Hall–Kier alpha value is -2.73. The van der Waals surface area contributed by atoms with Gasteiger partial charge in [-0.15, -0.1) is 0 Å². The molecule has 2 aromatic carbocycles. The Balaban J connectivity index is 1.52. The normalized spacial score (nSPS) is 19.4. The van der Waals surface area contributed by atoms with Gasteiger partial charge in [-0.2, -0.15) is 5.10 Å². The molecule has 2 atom stereocenters. The number of rotatable bonds is 4. The summed E-state index contributed by atoms with van der Waals surface area (Å²) < 4.78 is 29.3. The standard InChI is InChI=1S/C22H18ClF2N3O/c23-16-4-2-1-3-14(16)11-26-22(29)20-19-12-5-6-13(9-12)21(19)28(27-20)18-8-7-15(24)10-17(18)25/h1-4,7-8,10,12-13H,5-6,9,11H2,(H,26,29). The van der Waals surface area contributed by atoms with Gasteiger partial charge >= 0.3 is 0 Å². The van der Waals surface area contributed by atoms with Crippen LogP contribution in [0.15, 0.2) is 42.5 Å². The van der Waals surface area contributed by atoms with Crippen LogP contribution in [0.4, 0.5) is 8.78 Å². The Bertz CT molecular complexity index is 1130. The molecule has 2 aliphatic rings. The molecule has 2 bridgehead atoms. The van der Waals surface area contributed by atoms with Crippen molar-refractivity contribution in [1.29, 1.82) is 0 Å². The molecule has 0 saturated heterocycles. The van der Waals surface area contributed by atoms with Crippen molar-refractivity contribution in [1.82, 2.24) is 15.1 Å². The first-order chi connectivity index (χ1) is 14.0. The molecule has 4 nitrogen and oxygen atoms in total. The number of hydrogen-bond donors (Lipinski definition) is 1. The van der Waals surface area contributed by atoms with Gasteiger partial charge in [0, 0.05) is 29.1 Å². The lowest BCUT2D eigenvalue weighted by molar-refractivity contribution is 0.0944. The zero-order chi connectivity index (χ0) is 20.1. The second kappa shape index (κ2) is 6.95. The molecule has 1 amide bonds. The summed E-state index contributed by atoms with van der Waals surface area (Å²) in [5, 5.41) is 7.94. The van der Waals surface area contributed by atoms with E-state index in [0.29, 0.717) is 10.7 Å². The minimum absolute atomic E-state index is 0.167. The first kappa shape index (κ1) is 18.3. The fourth-order valence-corrected chi connectivity index (χ4v) is 4.84. The number of fused-ring (bicyclic) bond motifs is 5. The summed E-state index contributed by atoms with van der Waals surface area (Å²) in [6.45, 7) is 0.277. The van der Waals surface area contributed by atoms with E-state index in [4.69, 9.17) is 11.6 Å². The molecule has 29 heavy (non-hydrogen) atoms. The third-order valence-electron chi connectivity index (χ3n) is 5.94. The van der Waals surface area contributed by atoms with Crippen LogP contribution in [0.3, 0.4) is 0 Å². The van der Waals surface area contributed by atoms with Crippen molar-refractivity contribution in [2.75, 3.05) is 0 Å². The molecule has 1 aromatic heterocycles. The quantitative estimate of drug-likeness (QED) is 0.647. The van der Waals surface area contributed by atoms with E-state index in [-0.39, 0.29) is 30.0 Å². The summed E-state index contributed by atoms with van der Waals surface area (Å²) in [4.78, 5) is 13.0. The summed E-state index contributed by atoms with van der Waals surface area (Å²) >= 11 is 6.17. The lowest BCUT2D eigenvalue weighted by Gasteiger charge is -2.14. The van der Waals surface area contributed by atoms with Crippen LogP contribution in [-0.2, 0) is 6.54 Å². The minimum Gasteiger partial charge on any atom is -0.346 e. The molecule has 1 saturated carbocycles. The largest absolute Gasteiger partial charge is 0.346 e. The van der Waals surface area contributed by atoms with Crippen molar-refractivity contribution >= 4 is 17.5 Å². The van der Waals surface area contributed by atoms with Gasteiger partial charge in [0.05, 0.1) is 5.69 Å². The second-order valence-corrected chi connectivity index (χ2v) is 8.04. The van der Waals surface area contributed by atoms with Gasteiger partial charge in [0.25, 0.3) is 5.91 Å². The van der Waals surface area contributed by atoms with E-state index < -0.39 is 11.6 Å². The third-order valence-corrected chi connectivity index (χ3v) is 6.31. The SMILES string of the molecule is O=C(NCc1ccccc1Cl)c1nn(-c2ccc(F)cc2F)c2c1C1CCC2C1. The number of halogens is 3. The zero-order valence-corrected chi connectivity index (χ0v) is 16.2. The highest BCUT2D eigenvalue weighted by Crippen LogP contribution is 2.54. The minimum atomic E-state index is -0.693. The van der Waals surface area contributed by atoms with Crippen molar-refractivity contribution in [2.24, 2.45) is 0 Å². The van der Waals surface area contributed by atoms with Crippen molar-refractivity contribution in [2.45, 2.75) is 37.6 Å². The fourth-order valence-electron chi connectivity index (χ4n) is 4.64. The van der Waals surface area contributed by atoms with Crippen LogP contribution in [0.2, 0.25) is 5.02 Å². The fraction of sp³-hybridized carbons (Fsp3) is 0.273. The van der Waals surface area contributed by atoms with Crippen LogP contribution in [0.5, 0.6) is 0 Å². The summed E-state index contributed by atoms with van der Waals surface area (Å²) in [6, 6.07) is 10.7. The summed E-state index contributed by atoms with van der Waals surface area (Å²) in [5.74, 6) is -1.14. The van der Waals surface area contributed by atoms with Gasteiger partial charge in [-0.25, -0.2) is 13.5 Å². The van der Waals surface area contributed by atoms with E-state index in [0.717, 1.165) is 42.1 Å². The van der Waals surface area contributed by atoms with Crippen LogP contribution in [0.25, 0.3) is 5.69 Å². The Labute approximate surface area is 171 Å². The average Bonchev–Trinajstić information content (AvgIpc) is 3.40. The predicted octanol–water partition coefficient (Wildman–Crippen LogP) is 5.10. The van der Waals surface area contributed by atoms with E-state index >= 15 is 0 Å². The highest BCUT2D eigenvalue weighted by molar-refractivity contribution is 6.31. The van der Waals surface area contributed by atoms with E-state index in [1.54, 1.807) is 6.07 Å². The number of carbonyl (C=O) groups excluding carboxylic acids is 1. The maximum atomic E-state index is 14.5. The molecular weight excluding hydrogens is 396 g/mol.